The van der Waals surface area contributed by atoms with E-state index in [4.69, 9.17) is 9.72 Å². The van der Waals surface area contributed by atoms with Crippen molar-refractivity contribution in [2.24, 2.45) is 0 Å². The van der Waals surface area contributed by atoms with Gasteiger partial charge in [0.05, 0.1) is 5.69 Å². The van der Waals surface area contributed by atoms with Crippen LogP contribution in [0.3, 0.4) is 0 Å². The molecule has 0 spiro atoms. The molecule has 0 radical (unpaired) electrons. The fraction of sp³-hybridized carbons (Fsp3) is 0.234. The van der Waals surface area contributed by atoms with Gasteiger partial charge in [-0.3, -0.25) is 0 Å². The molecular formula is C47H43N4OPt-. The van der Waals surface area contributed by atoms with Crippen LogP contribution < -0.4 is 13.9 Å². The monoisotopic (exact) mass is 874 g/mol. The summed E-state index contributed by atoms with van der Waals surface area (Å²) in [6.45, 7) is 11.5. The first kappa shape index (κ1) is 34.2. The third-order valence-electron chi connectivity index (χ3n) is 11.8. The van der Waals surface area contributed by atoms with Crippen molar-refractivity contribution in [2.45, 2.75) is 71.1 Å². The maximum atomic E-state index is 6.66. The standard InChI is InChI=1S/C47H43N4O.Pt/c1-32-14-12-23-44(46(32)33-15-6-5-7-16-33)51-31-50(51,42-21-10-11-22-43(42)51)35-17-13-18-36(29-35)52-37-24-25-39-38-19-8-9-20-40(38)49(41(39)30-37)45-28-34(26-27-48-45)47(2,3)4;/h8-14,17-28,31,33H,5-7,15-16H2,1-4H3;/q-1;/t50?,51-;/m1./s1. The summed E-state index contributed by atoms with van der Waals surface area (Å²) in [6.07, 6.45) is 8.43. The molecule has 7 aromatic rings. The van der Waals surface area contributed by atoms with E-state index in [0.717, 1.165) is 27.9 Å². The van der Waals surface area contributed by atoms with Gasteiger partial charge in [-0.2, -0.15) is 16.7 Å². The van der Waals surface area contributed by atoms with Crippen LogP contribution in [0.15, 0.2) is 115 Å². The molecule has 1 saturated carbocycles. The van der Waals surface area contributed by atoms with Crippen LogP contribution in [-0.2, 0) is 26.5 Å². The Balaban J connectivity index is 0.00000372. The molecule has 268 valence electrons. The summed E-state index contributed by atoms with van der Waals surface area (Å²) < 4.78 is 10.2. The smallest absolute Gasteiger partial charge is 0.225 e. The zero-order valence-electron chi connectivity index (χ0n) is 30.7. The van der Waals surface area contributed by atoms with Crippen LogP contribution in [0.2, 0.25) is 0 Å². The second-order valence-electron chi connectivity index (χ2n) is 15.9. The van der Waals surface area contributed by atoms with Gasteiger partial charge in [0.25, 0.3) is 0 Å². The molecule has 53 heavy (non-hydrogen) atoms. The molecule has 5 nitrogen and oxygen atoms in total. The van der Waals surface area contributed by atoms with Crippen LogP contribution in [-0.4, -0.2) is 9.55 Å². The Morgan fingerprint density at radius 2 is 1.45 bits per heavy atom. The van der Waals surface area contributed by atoms with Crippen molar-refractivity contribution in [3.05, 3.63) is 151 Å². The van der Waals surface area contributed by atoms with Gasteiger partial charge in [0, 0.05) is 68.0 Å². The number of hydrogen-bond acceptors (Lipinski definition) is 2. The van der Waals surface area contributed by atoms with E-state index in [1.807, 2.05) is 18.3 Å². The van der Waals surface area contributed by atoms with E-state index >= 15 is 0 Å². The third-order valence-corrected chi connectivity index (χ3v) is 11.8. The number of ether oxygens (including phenoxy) is 1. The first-order chi connectivity index (χ1) is 25.3. The molecule has 10 rings (SSSR count). The molecule has 3 aliphatic rings. The Labute approximate surface area is 326 Å². The van der Waals surface area contributed by atoms with E-state index in [2.05, 4.69) is 148 Å². The van der Waals surface area contributed by atoms with Gasteiger partial charge in [0.1, 0.15) is 5.82 Å². The average Bonchev–Trinajstić information content (AvgIpc) is 3.65. The summed E-state index contributed by atoms with van der Waals surface area (Å²) in [4.78, 5) is 4.85. The van der Waals surface area contributed by atoms with Crippen LogP contribution in [0.4, 0.5) is 22.7 Å². The van der Waals surface area contributed by atoms with Crippen LogP contribution in [0.25, 0.3) is 27.6 Å². The maximum absolute atomic E-state index is 6.66. The van der Waals surface area contributed by atoms with Crippen LogP contribution >= 0.6 is 0 Å². The normalized spacial score (nSPS) is 20.7. The molecule has 6 heteroatoms. The number of aromatic nitrogens is 2. The van der Waals surface area contributed by atoms with Gasteiger partial charge in [0.2, 0.25) is 11.4 Å². The van der Waals surface area contributed by atoms with Crippen LogP contribution in [0.5, 0.6) is 11.5 Å². The largest absolute Gasteiger partial charge is 0.509 e. The number of rotatable bonds is 6. The quantitative estimate of drug-likeness (QED) is 0.0945. The van der Waals surface area contributed by atoms with Crippen molar-refractivity contribution in [3.63, 3.8) is 0 Å². The van der Waals surface area contributed by atoms with Gasteiger partial charge >= 0.3 is 0 Å². The predicted octanol–water partition coefficient (Wildman–Crippen LogP) is 12.6. The molecule has 1 saturated heterocycles. The fourth-order valence-electron chi connectivity index (χ4n) is 9.28. The van der Waals surface area contributed by atoms with Gasteiger partial charge in [-0.05, 0) is 65.8 Å². The molecular weight excluding hydrogens is 832 g/mol. The molecule has 2 aromatic heterocycles. The average molecular weight is 875 g/mol. The Hall–Kier alpha value is -4.54. The van der Waals surface area contributed by atoms with Crippen molar-refractivity contribution in [3.8, 4) is 17.3 Å². The van der Waals surface area contributed by atoms with Crippen molar-refractivity contribution < 1.29 is 25.8 Å². The number of fused-ring (bicyclic) bond motifs is 7. The summed E-state index contributed by atoms with van der Waals surface area (Å²) in [7, 11) is 0. The number of nitrogens with zero attached hydrogens (tertiary/aromatic N) is 4. The van der Waals surface area contributed by atoms with Crippen molar-refractivity contribution in [1.29, 1.82) is 0 Å². The van der Waals surface area contributed by atoms with E-state index in [1.165, 1.54) is 65.7 Å². The number of quaternary nitrogens is 2. The van der Waals surface area contributed by atoms with Crippen molar-refractivity contribution >= 4 is 44.6 Å². The summed E-state index contributed by atoms with van der Waals surface area (Å²) in [5.41, 5.74) is 11.4. The molecule has 2 aliphatic heterocycles. The Kier molecular flexibility index (Phi) is 8.09. The van der Waals surface area contributed by atoms with E-state index in [1.54, 1.807) is 5.56 Å². The Morgan fingerprint density at radius 1 is 0.736 bits per heavy atom. The van der Waals surface area contributed by atoms with Gasteiger partial charge < -0.3 is 9.30 Å². The summed E-state index contributed by atoms with van der Waals surface area (Å²) in [5, 5.41) is 2.28. The number of hydrogen-bond donors (Lipinski definition) is 0. The van der Waals surface area contributed by atoms with Crippen molar-refractivity contribution in [1.82, 2.24) is 18.7 Å². The summed E-state index contributed by atoms with van der Waals surface area (Å²) in [6, 6.07) is 46.5. The summed E-state index contributed by atoms with van der Waals surface area (Å²) in [5.74, 6) is 2.81. The second-order valence-corrected chi connectivity index (χ2v) is 15.9. The Morgan fingerprint density at radius 3 is 2.26 bits per heavy atom. The zero-order chi connectivity index (χ0) is 35.2. The molecule has 0 bridgehead atoms. The maximum Gasteiger partial charge on any atom is 0.225 e. The van der Waals surface area contributed by atoms with Crippen LogP contribution in [0.1, 0.15) is 75.5 Å². The second kappa shape index (κ2) is 12.5. The molecule has 0 amide bonds. The molecule has 5 aromatic carbocycles. The number of aryl methyl sites for hydroxylation is 1. The third kappa shape index (κ3) is 5.04. The fourth-order valence-corrected chi connectivity index (χ4v) is 9.28. The number of benzene rings is 5. The van der Waals surface area contributed by atoms with E-state index < -0.39 is 0 Å². The van der Waals surface area contributed by atoms with E-state index in [-0.39, 0.29) is 26.5 Å². The molecule has 1 unspecified atom stereocenters. The Bertz CT molecular complexity index is 2540. The minimum atomic E-state index is 0. The topological polar surface area (TPSA) is 27.1 Å². The molecule has 2 fully saturated rings. The van der Waals surface area contributed by atoms with Gasteiger partial charge in [-0.15, -0.1) is 29.7 Å². The summed E-state index contributed by atoms with van der Waals surface area (Å²) >= 11 is 0. The van der Waals surface area contributed by atoms with Gasteiger partial charge in [0.15, 0.2) is 12.4 Å². The SMILES string of the molecule is Cc1cccc([N@+]23[CH-][N+]2(c2[c-]c(Oc4[c-]c5c(cc4)c4ccccc4n5-c4cc(C(C)(C)C)ccn4)ccc2)c2ccccc23)c1C1CCCCC1.[Pt]. The van der Waals surface area contributed by atoms with E-state index in [0.29, 0.717) is 26.6 Å². The van der Waals surface area contributed by atoms with Crippen LogP contribution in [0, 0.1) is 25.7 Å². The first-order valence-corrected chi connectivity index (χ1v) is 18.8. The molecule has 2 atom stereocenters. The minimum Gasteiger partial charge on any atom is -0.509 e. The molecule has 1 aliphatic carbocycles. The molecule has 0 N–H and O–H groups in total. The molecule has 4 heterocycles. The number of pyridine rings is 1. The van der Waals surface area contributed by atoms with E-state index in [9.17, 15) is 0 Å². The van der Waals surface area contributed by atoms with Gasteiger partial charge in [-0.1, -0.05) is 94.1 Å². The first-order valence-electron chi connectivity index (χ1n) is 18.8. The van der Waals surface area contributed by atoms with Gasteiger partial charge in [-0.25, -0.2) is 9.58 Å². The van der Waals surface area contributed by atoms with Crippen molar-refractivity contribution in [2.75, 3.05) is 0 Å². The number of para-hydroxylation sites is 3. The zero-order valence-corrected chi connectivity index (χ0v) is 32.9. The predicted molar refractivity (Wildman–Crippen MR) is 212 cm³/mol. The minimum absolute atomic E-state index is 0.